The maximum absolute atomic E-state index is 13.8. The lowest BCUT2D eigenvalue weighted by Gasteiger charge is -2.54. The van der Waals surface area contributed by atoms with Crippen molar-refractivity contribution < 1.29 is 18.0 Å². The molecule has 9 heteroatoms. The van der Waals surface area contributed by atoms with Crippen LogP contribution in [0.3, 0.4) is 0 Å². The fraction of sp³-hybridized carbons (Fsp3) is 0.423. The van der Waals surface area contributed by atoms with Gasteiger partial charge in [0.2, 0.25) is 0 Å². The van der Waals surface area contributed by atoms with Crippen molar-refractivity contribution >= 4 is 23.2 Å². The molecule has 1 fully saturated rings. The van der Waals surface area contributed by atoms with Gasteiger partial charge < -0.3 is 9.47 Å². The Morgan fingerprint density at radius 2 is 1.89 bits per heavy atom. The van der Waals surface area contributed by atoms with Crippen molar-refractivity contribution in [3.05, 3.63) is 76.4 Å². The van der Waals surface area contributed by atoms with Crippen LogP contribution in [-0.2, 0) is 37.5 Å². The summed E-state index contributed by atoms with van der Waals surface area (Å²) < 4.78 is 43.3. The topological polar surface area (TPSA) is 51.0 Å². The van der Waals surface area contributed by atoms with Crippen LogP contribution in [0.4, 0.5) is 18.9 Å². The van der Waals surface area contributed by atoms with Crippen LogP contribution in [0.15, 0.2) is 42.7 Å². The zero-order valence-corrected chi connectivity index (χ0v) is 20.5. The molecule has 0 saturated heterocycles. The summed E-state index contributed by atoms with van der Waals surface area (Å²) >= 11 is 5.83. The minimum Gasteiger partial charge on any atom is -0.321 e. The lowest BCUT2D eigenvalue weighted by Crippen LogP contribution is -2.48. The number of aryl methyl sites for hydroxylation is 1. The van der Waals surface area contributed by atoms with Gasteiger partial charge in [0.25, 0.3) is 5.91 Å². The van der Waals surface area contributed by atoms with E-state index in [-0.39, 0.29) is 39.9 Å². The highest BCUT2D eigenvalue weighted by molar-refractivity contribution is 6.17. The zero-order chi connectivity index (χ0) is 25.2. The van der Waals surface area contributed by atoms with Crippen molar-refractivity contribution in [2.24, 2.45) is 12.5 Å². The van der Waals surface area contributed by atoms with Crippen LogP contribution in [0.25, 0.3) is 0 Å². The molecule has 5 rings (SSSR count). The molecule has 5 nitrogen and oxygen atoms in total. The third-order valence-electron chi connectivity index (χ3n) is 7.27. The molecule has 2 aromatic carbocycles. The van der Waals surface area contributed by atoms with Crippen LogP contribution in [0.1, 0.15) is 65.1 Å². The highest BCUT2D eigenvalue weighted by Crippen LogP contribution is 2.57. The van der Waals surface area contributed by atoms with Crippen molar-refractivity contribution in [3.63, 3.8) is 0 Å². The highest BCUT2D eigenvalue weighted by Gasteiger charge is 2.51. The Morgan fingerprint density at radius 1 is 1.14 bits per heavy atom. The fourth-order valence-corrected chi connectivity index (χ4v) is 6.15. The van der Waals surface area contributed by atoms with E-state index in [9.17, 15) is 18.0 Å². The molecule has 0 radical (unpaired) electrons. The van der Waals surface area contributed by atoms with E-state index in [1.807, 2.05) is 29.8 Å². The number of fused-ring (bicyclic) bond motifs is 1. The van der Waals surface area contributed by atoms with Crippen molar-refractivity contribution in [1.82, 2.24) is 14.8 Å². The maximum atomic E-state index is 13.8. The number of anilines is 1. The number of alkyl halides is 4. The third-order valence-corrected chi connectivity index (χ3v) is 7.58. The Labute approximate surface area is 206 Å². The number of rotatable bonds is 5. The molecule has 3 aromatic rings. The molecule has 1 aliphatic carbocycles. The number of nitrogens with zero attached hydrogens (tertiary/aromatic N) is 4. The summed E-state index contributed by atoms with van der Waals surface area (Å²) in [7, 11) is 1.91. The minimum atomic E-state index is -4.57. The molecule has 0 atom stereocenters. The van der Waals surface area contributed by atoms with Crippen LogP contribution < -0.4 is 4.90 Å². The van der Waals surface area contributed by atoms with E-state index in [0.717, 1.165) is 30.3 Å². The number of amides is 1. The molecule has 35 heavy (non-hydrogen) atoms. The molecule has 1 amide bonds. The Balaban J connectivity index is 1.52. The van der Waals surface area contributed by atoms with E-state index in [0.29, 0.717) is 12.1 Å². The first-order valence-corrected chi connectivity index (χ1v) is 12.0. The molecule has 184 valence electrons. The van der Waals surface area contributed by atoms with Crippen LogP contribution in [0.2, 0.25) is 0 Å². The Hall–Kier alpha value is -2.87. The van der Waals surface area contributed by atoms with Crippen molar-refractivity contribution in [2.75, 3.05) is 4.90 Å². The molecule has 0 spiro atoms. The predicted octanol–water partition coefficient (Wildman–Crippen LogP) is 6.03. The second-order valence-corrected chi connectivity index (χ2v) is 10.8. The van der Waals surface area contributed by atoms with E-state index >= 15 is 0 Å². The van der Waals surface area contributed by atoms with E-state index in [1.54, 1.807) is 12.4 Å². The van der Waals surface area contributed by atoms with Gasteiger partial charge in [-0.15, -0.1) is 21.8 Å². The van der Waals surface area contributed by atoms with Gasteiger partial charge in [0.05, 0.1) is 12.1 Å². The highest BCUT2D eigenvalue weighted by atomic mass is 35.5. The van der Waals surface area contributed by atoms with Gasteiger partial charge in [-0.25, -0.2) is 0 Å². The first-order valence-electron chi connectivity index (χ1n) is 11.5. The molecule has 0 unspecified atom stereocenters. The minimum absolute atomic E-state index is 0.000320. The lowest BCUT2D eigenvalue weighted by atomic mass is 9.50. The summed E-state index contributed by atoms with van der Waals surface area (Å²) in [5, 5.41) is 8.28. The summed E-state index contributed by atoms with van der Waals surface area (Å²) in [5.74, 6) is 0.337. The van der Waals surface area contributed by atoms with Gasteiger partial charge in [-0.2, -0.15) is 13.2 Å². The smallest absolute Gasteiger partial charge is 0.321 e. The van der Waals surface area contributed by atoms with Gasteiger partial charge in [0.1, 0.15) is 12.2 Å². The number of carbonyl (C=O) groups is 1. The molecule has 1 aromatic heterocycles. The Bertz CT molecular complexity index is 1310. The van der Waals surface area contributed by atoms with Gasteiger partial charge in [0.15, 0.2) is 0 Å². The zero-order valence-electron chi connectivity index (χ0n) is 19.8. The quantitative estimate of drug-likeness (QED) is 0.400. The second-order valence-electron chi connectivity index (χ2n) is 10.6. The summed E-state index contributed by atoms with van der Waals surface area (Å²) in [5.41, 5.74) is 1.18. The largest absolute Gasteiger partial charge is 0.416 e. The standard InChI is InChI=1S/C26H26ClF3N4O/c1-24(2)13-25(14-24,10-22-32-31-15-33(22)3)17-5-4-6-18(9-17)34-12-20-19(23(34)35)7-16(11-27)8-21(20)26(28,29)30/h4-9,15H,10-14H2,1-3H3. The van der Waals surface area contributed by atoms with E-state index in [2.05, 4.69) is 24.0 Å². The van der Waals surface area contributed by atoms with E-state index < -0.39 is 17.6 Å². The lowest BCUT2D eigenvalue weighted by molar-refractivity contribution is -0.138. The molecule has 2 aliphatic rings. The van der Waals surface area contributed by atoms with Crippen LogP contribution >= 0.6 is 11.6 Å². The maximum Gasteiger partial charge on any atom is 0.416 e. The van der Waals surface area contributed by atoms with E-state index in [1.165, 1.54) is 11.0 Å². The molecule has 2 heterocycles. The Kier molecular flexibility index (Phi) is 5.51. The van der Waals surface area contributed by atoms with Crippen molar-refractivity contribution in [1.29, 1.82) is 0 Å². The van der Waals surface area contributed by atoms with Crippen LogP contribution in [0, 0.1) is 5.41 Å². The molecule has 0 bridgehead atoms. The van der Waals surface area contributed by atoms with Crippen molar-refractivity contribution in [2.45, 2.75) is 57.1 Å². The molecule has 1 aliphatic heterocycles. The number of benzene rings is 2. The summed E-state index contributed by atoms with van der Waals surface area (Å²) in [6.45, 7) is 4.32. The van der Waals surface area contributed by atoms with Crippen LogP contribution in [0.5, 0.6) is 0 Å². The predicted molar refractivity (Wildman–Crippen MR) is 127 cm³/mol. The fourth-order valence-electron chi connectivity index (χ4n) is 5.99. The van der Waals surface area contributed by atoms with Gasteiger partial charge in [-0.1, -0.05) is 26.0 Å². The first kappa shape index (κ1) is 23.9. The number of halogens is 4. The summed E-state index contributed by atoms with van der Waals surface area (Å²) in [6, 6.07) is 10.2. The normalized spacial score (nSPS) is 18.5. The summed E-state index contributed by atoms with van der Waals surface area (Å²) in [4.78, 5) is 14.7. The third kappa shape index (κ3) is 4.11. The first-order chi connectivity index (χ1) is 16.4. The number of hydrogen-bond acceptors (Lipinski definition) is 3. The Morgan fingerprint density at radius 3 is 2.49 bits per heavy atom. The van der Waals surface area contributed by atoms with Crippen LogP contribution in [-0.4, -0.2) is 20.7 Å². The monoisotopic (exact) mass is 502 g/mol. The van der Waals surface area contributed by atoms with Gasteiger partial charge in [0, 0.05) is 36.0 Å². The number of aromatic nitrogens is 3. The number of hydrogen-bond donors (Lipinski definition) is 0. The SMILES string of the molecule is Cn1cnnc1CC1(c2cccc(N3Cc4c(cc(CCl)cc4C(F)(F)F)C3=O)c2)CC(C)(C)C1. The average Bonchev–Trinajstić information content (AvgIpc) is 3.33. The number of carbonyl (C=O) groups excluding carboxylic acids is 1. The molecular weight excluding hydrogens is 477 g/mol. The van der Waals surface area contributed by atoms with Gasteiger partial charge in [-0.05, 0) is 59.2 Å². The summed E-state index contributed by atoms with van der Waals surface area (Å²) in [6.07, 6.45) is -0.329. The van der Waals surface area contributed by atoms with Gasteiger partial charge in [-0.3, -0.25) is 4.79 Å². The average molecular weight is 503 g/mol. The molecule has 0 N–H and O–H groups in total. The van der Waals surface area contributed by atoms with Crippen molar-refractivity contribution in [3.8, 4) is 0 Å². The van der Waals surface area contributed by atoms with Gasteiger partial charge >= 0.3 is 6.18 Å². The van der Waals surface area contributed by atoms with E-state index in [4.69, 9.17) is 11.6 Å². The second kappa shape index (κ2) is 8.08. The molecule has 1 saturated carbocycles. The molecular formula is C26H26ClF3N4O.